The van der Waals surface area contributed by atoms with Crippen molar-refractivity contribution in [2.75, 3.05) is 0 Å². The van der Waals surface area contributed by atoms with Gasteiger partial charge in [-0.1, -0.05) is 30.3 Å². The summed E-state index contributed by atoms with van der Waals surface area (Å²) in [5.74, 6) is -2.06. The van der Waals surface area contributed by atoms with E-state index in [4.69, 9.17) is 5.11 Å². The summed E-state index contributed by atoms with van der Waals surface area (Å²) in [6.07, 6.45) is 1.76. The van der Waals surface area contributed by atoms with Gasteiger partial charge in [0.2, 0.25) is 5.69 Å². The van der Waals surface area contributed by atoms with Crippen molar-refractivity contribution in [1.82, 2.24) is 9.78 Å². The molecule has 0 aliphatic rings. The van der Waals surface area contributed by atoms with Crippen molar-refractivity contribution in [3.63, 3.8) is 0 Å². The smallest absolute Gasteiger partial charge is 0.360 e. The number of rotatable bonds is 4. The lowest BCUT2D eigenvalue weighted by Crippen LogP contribution is -2.22. The highest BCUT2D eigenvalue weighted by atomic mass is 16.4. The van der Waals surface area contributed by atoms with E-state index in [9.17, 15) is 14.7 Å². The summed E-state index contributed by atoms with van der Waals surface area (Å²) < 4.78 is 1.26. The Hall–Kier alpha value is -2.63. The molecule has 6 heteroatoms. The molecule has 0 radical (unpaired) electrons. The molecule has 98 valence electrons. The molecule has 1 aromatic heterocycles. The van der Waals surface area contributed by atoms with Gasteiger partial charge in [0.1, 0.15) is 0 Å². The predicted octanol–water partition coefficient (Wildman–Crippen LogP) is 0.890. The van der Waals surface area contributed by atoms with Crippen molar-refractivity contribution < 1.29 is 15.0 Å². The minimum Gasteiger partial charge on any atom is -0.503 e. The lowest BCUT2D eigenvalue weighted by molar-refractivity contribution is 0.0685. The molecule has 0 saturated heterocycles. The molecule has 19 heavy (non-hydrogen) atoms. The number of carboxylic acids is 1. The molecule has 6 nitrogen and oxygen atoms in total. The number of aromatic nitrogens is 2. The Morgan fingerprint density at radius 1 is 1.26 bits per heavy atom. The third-order valence-electron chi connectivity index (χ3n) is 2.62. The molecule has 0 spiro atoms. The SMILES string of the molecule is O=C(O)c1nn(CCc2ccccc2)cc(O)c1=O. The normalized spacial score (nSPS) is 10.3. The van der Waals surface area contributed by atoms with E-state index in [0.717, 1.165) is 11.8 Å². The van der Waals surface area contributed by atoms with Crippen LogP contribution in [0.2, 0.25) is 0 Å². The van der Waals surface area contributed by atoms with Gasteiger partial charge in [0.15, 0.2) is 5.75 Å². The van der Waals surface area contributed by atoms with E-state index in [0.29, 0.717) is 13.0 Å². The second-order valence-corrected chi connectivity index (χ2v) is 4.00. The highest BCUT2D eigenvalue weighted by molar-refractivity contribution is 5.85. The van der Waals surface area contributed by atoms with Crippen LogP contribution < -0.4 is 5.43 Å². The van der Waals surface area contributed by atoms with E-state index in [1.54, 1.807) is 0 Å². The highest BCUT2D eigenvalue weighted by Gasteiger charge is 2.15. The topological polar surface area (TPSA) is 92.4 Å². The Morgan fingerprint density at radius 2 is 1.95 bits per heavy atom. The van der Waals surface area contributed by atoms with E-state index in [1.807, 2.05) is 30.3 Å². The van der Waals surface area contributed by atoms with Crippen LogP contribution in [0, 0.1) is 0 Å². The number of benzene rings is 1. The van der Waals surface area contributed by atoms with Crippen LogP contribution in [0.1, 0.15) is 16.1 Å². The number of nitrogens with zero attached hydrogens (tertiary/aromatic N) is 2. The fourth-order valence-electron chi connectivity index (χ4n) is 1.67. The lowest BCUT2D eigenvalue weighted by Gasteiger charge is -2.07. The molecule has 0 aliphatic heterocycles. The zero-order valence-corrected chi connectivity index (χ0v) is 9.98. The van der Waals surface area contributed by atoms with Crippen LogP contribution >= 0.6 is 0 Å². The largest absolute Gasteiger partial charge is 0.503 e. The summed E-state index contributed by atoms with van der Waals surface area (Å²) >= 11 is 0. The van der Waals surface area contributed by atoms with Gasteiger partial charge in [-0.2, -0.15) is 5.10 Å². The Kier molecular flexibility index (Phi) is 3.61. The standard InChI is InChI=1S/C13H12N2O4/c16-10-8-15(14-11(12(10)17)13(18)19)7-6-9-4-2-1-3-5-9/h1-5,8,16H,6-7H2,(H,18,19). The van der Waals surface area contributed by atoms with Gasteiger partial charge in [0, 0.05) is 6.54 Å². The first-order valence-corrected chi connectivity index (χ1v) is 5.66. The average molecular weight is 260 g/mol. The van der Waals surface area contributed by atoms with Gasteiger partial charge in [0.05, 0.1) is 6.20 Å². The molecule has 1 aromatic carbocycles. The molecule has 2 N–H and O–H groups in total. The third kappa shape index (κ3) is 2.98. The van der Waals surface area contributed by atoms with Gasteiger partial charge < -0.3 is 10.2 Å². The van der Waals surface area contributed by atoms with Crippen LogP contribution in [0.25, 0.3) is 0 Å². The number of aromatic carboxylic acids is 1. The van der Waals surface area contributed by atoms with Crippen molar-refractivity contribution in [1.29, 1.82) is 0 Å². The molecule has 0 fully saturated rings. The van der Waals surface area contributed by atoms with Crippen molar-refractivity contribution in [3.05, 3.63) is 58.0 Å². The van der Waals surface area contributed by atoms with E-state index >= 15 is 0 Å². The van der Waals surface area contributed by atoms with Gasteiger partial charge in [-0.05, 0) is 12.0 Å². The monoisotopic (exact) mass is 260 g/mol. The minimum atomic E-state index is -1.45. The van der Waals surface area contributed by atoms with Gasteiger partial charge in [-0.25, -0.2) is 4.79 Å². The Balaban J connectivity index is 2.22. The summed E-state index contributed by atoms with van der Waals surface area (Å²) in [6, 6.07) is 9.55. The van der Waals surface area contributed by atoms with Crippen LogP contribution in [0.5, 0.6) is 5.75 Å². The molecule has 0 saturated carbocycles. The fraction of sp³-hybridized carbons (Fsp3) is 0.154. The second kappa shape index (κ2) is 5.34. The molecule has 0 amide bonds. The Bertz CT molecular complexity index is 649. The zero-order chi connectivity index (χ0) is 13.8. The van der Waals surface area contributed by atoms with E-state index < -0.39 is 22.8 Å². The molecule has 0 unspecified atom stereocenters. The van der Waals surface area contributed by atoms with E-state index in [2.05, 4.69) is 5.10 Å². The maximum Gasteiger partial charge on any atom is 0.360 e. The van der Waals surface area contributed by atoms with Crippen molar-refractivity contribution in [3.8, 4) is 5.75 Å². The van der Waals surface area contributed by atoms with E-state index in [1.165, 1.54) is 4.68 Å². The number of carboxylic acid groups (broad SMARTS) is 1. The molecule has 0 bridgehead atoms. The summed E-state index contributed by atoms with van der Waals surface area (Å²) in [5, 5.41) is 21.9. The van der Waals surface area contributed by atoms with Gasteiger partial charge in [-0.15, -0.1) is 0 Å². The van der Waals surface area contributed by atoms with Crippen LogP contribution in [0.4, 0.5) is 0 Å². The maximum atomic E-state index is 11.3. The molecule has 0 atom stereocenters. The quantitative estimate of drug-likeness (QED) is 0.851. The Labute approximate surface area is 108 Å². The van der Waals surface area contributed by atoms with Crippen LogP contribution in [-0.2, 0) is 13.0 Å². The van der Waals surface area contributed by atoms with Gasteiger partial charge in [-0.3, -0.25) is 9.48 Å². The number of aryl methyl sites for hydroxylation is 2. The first-order chi connectivity index (χ1) is 9.08. The molecular formula is C13H12N2O4. The minimum absolute atomic E-state index is 0.373. The number of hydrogen-bond acceptors (Lipinski definition) is 4. The van der Waals surface area contributed by atoms with Crippen LogP contribution in [0.3, 0.4) is 0 Å². The lowest BCUT2D eigenvalue weighted by atomic mass is 10.1. The first-order valence-electron chi connectivity index (χ1n) is 5.66. The number of aromatic hydroxyl groups is 1. The number of hydrogen-bond donors (Lipinski definition) is 2. The van der Waals surface area contributed by atoms with E-state index in [-0.39, 0.29) is 0 Å². The summed E-state index contributed by atoms with van der Waals surface area (Å²) in [5.41, 5.74) is -0.587. The van der Waals surface area contributed by atoms with Gasteiger partial charge >= 0.3 is 5.97 Å². The molecule has 2 aromatic rings. The van der Waals surface area contributed by atoms with Crippen molar-refractivity contribution in [2.24, 2.45) is 0 Å². The van der Waals surface area contributed by atoms with Crippen LogP contribution in [-0.4, -0.2) is 26.0 Å². The summed E-state index contributed by atoms with van der Waals surface area (Å²) in [6.45, 7) is 0.373. The third-order valence-corrected chi connectivity index (χ3v) is 2.62. The molecule has 0 aliphatic carbocycles. The van der Waals surface area contributed by atoms with Gasteiger partial charge in [0.25, 0.3) is 5.43 Å². The van der Waals surface area contributed by atoms with Crippen molar-refractivity contribution >= 4 is 5.97 Å². The molecule has 2 rings (SSSR count). The molecular weight excluding hydrogens is 248 g/mol. The summed E-state index contributed by atoms with van der Waals surface area (Å²) in [7, 11) is 0. The Morgan fingerprint density at radius 3 is 2.58 bits per heavy atom. The first kappa shape index (κ1) is 12.8. The maximum absolute atomic E-state index is 11.3. The second-order valence-electron chi connectivity index (χ2n) is 4.00. The zero-order valence-electron chi connectivity index (χ0n) is 9.98. The average Bonchev–Trinajstić information content (AvgIpc) is 2.41. The highest BCUT2D eigenvalue weighted by Crippen LogP contribution is 2.04. The predicted molar refractivity (Wildman–Crippen MR) is 67.3 cm³/mol. The fourth-order valence-corrected chi connectivity index (χ4v) is 1.67. The summed E-state index contributed by atoms with van der Waals surface area (Å²) in [4.78, 5) is 22.1. The number of carbonyl (C=O) groups is 1. The van der Waals surface area contributed by atoms with Crippen LogP contribution in [0.15, 0.2) is 41.3 Å². The van der Waals surface area contributed by atoms with Crippen molar-refractivity contribution in [2.45, 2.75) is 13.0 Å². The molecule has 1 heterocycles.